The van der Waals surface area contributed by atoms with Crippen LogP contribution in [0.4, 0.5) is 26.3 Å². The summed E-state index contributed by atoms with van der Waals surface area (Å²) in [4.78, 5) is 20.9. The van der Waals surface area contributed by atoms with E-state index in [0.717, 1.165) is 0 Å². The van der Waals surface area contributed by atoms with Crippen LogP contribution in [-0.4, -0.2) is 44.3 Å². The molecular formula is C7H6F6O5. The van der Waals surface area contributed by atoms with Gasteiger partial charge in [-0.25, -0.2) is 9.59 Å². The number of methoxy groups -OCH3 is 2. The van der Waals surface area contributed by atoms with Crippen molar-refractivity contribution in [1.29, 1.82) is 0 Å². The van der Waals surface area contributed by atoms with Gasteiger partial charge >= 0.3 is 30.1 Å². The van der Waals surface area contributed by atoms with E-state index in [2.05, 4.69) is 14.2 Å². The van der Waals surface area contributed by atoms with Crippen LogP contribution in [0.1, 0.15) is 0 Å². The lowest BCUT2D eigenvalue weighted by molar-refractivity contribution is -0.389. The van der Waals surface area contributed by atoms with E-state index in [4.69, 9.17) is 0 Å². The second-order valence-corrected chi connectivity index (χ2v) is 2.70. The van der Waals surface area contributed by atoms with E-state index in [1.165, 1.54) is 0 Å². The first kappa shape index (κ1) is 16.5. The van der Waals surface area contributed by atoms with Crippen LogP contribution < -0.4 is 0 Å². The smallest absolute Gasteiger partial charge is 0.460 e. The first-order chi connectivity index (χ1) is 7.92. The molecule has 0 aliphatic carbocycles. The van der Waals surface area contributed by atoms with E-state index in [-0.39, 0.29) is 0 Å². The van der Waals surface area contributed by atoms with E-state index in [9.17, 15) is 35.9 Å². The Morgan fingerprint density at radius 3 is 1.50 bits per heavy atom. The van der Waals surface area contributed by atoms with Gasteiger partial charge in [0.1, 0.15) is 0 Å². The summed E-state index contributed by atoms with van der Waals surface area (Å²) in [6.45, 7) is 0. The molecule has 0 aromatic carbocycles. The summed E-state index contributed by atoms with van der Waals surface area (Å²) in [7, 11) is 0.702. The fourth-order valence-corrected chi connectivity index (χ4v) is 0.684. The second-order valence-electron chi connectivity index (χ2n) is 2.70. The van der Waals surface area contributed by atoms with Crippen molar-refractivity contribution in [3.8, 4) is 0 Å². The topological polar surface area (TPSA) is 61.8 Å². The minimum Gasteiger partial charge on any atom is -0.465 e. The number of rotatable bonds is 4. The lowest BCUT2D eigenvalue weighted by Crippen LogP contribution is -2.56. The third kappa shape index (κ3) is 3.03. The number of halogens is 6. The van der Waals surface area contributed by atoms with Gasteiger partial charge in [-0.2, -0.15) is 26.3 Å². The van der Waals surface area contributed by atoms with Gasteiger partial charge < -0.3 is 9.47 Å². The Hall–Kier alpha value is -1.52. The number of carbonyl (C=O) groups is 2. The molecular weight excluding hydrogens is 278 g/mol. The molecule has 0 spiro atoms. The zero-order valence-corrected chi connectivity index (χ0v) is 8.81. The van der Waals surface area contributed by atoms with E-state index in [0.29, 0.717) is 14.2 Å². The number of hydrogen-bond donors (Lipinski definition) is 0. The summed E-state index contributed by atoms with van der Waals surface area (Å²) >= 11 is 0. The van der Waals surface area contributed by atoms with Gasteiger partial charge in [0.15, 0.2) is 0 Å². The average Bonchev–Trinajstić information content (AvgIpc) is 2.24. The minimum atomic E-state index is -6.18. The lowest BCUT2D eigenvalue weighted by Gasteiger charge is -2.27. The number of ether oxygens (including phenoxy) is 3. The average molecular weight is 284 g/mol. The Morgan fingerprint density at radius 1 is 0.833 bits per heavy atom. The Bertz CT molecular complexity index is 340. The minimum absolute atomic E-state index is 0.308. The zero-order chi connectivity index (χ0) is 14.8. The first-order valence-electron chi connectivity index (χ1n) is 3.93. The molecule has 1 unspecified atom stereocenters. The molecule has 0 saturated heterocycles. The Kier molecular flexibility index (Phi) is 4.58. The SMILES string of the molecule is COC(=O)C(F)(F)OC(F)(C(=O)OC)C(F)(F)F. The molecule has 11 heteroatoms. The molecule has 0 radical (unpaired) electrons. The molecule has 0 bridgehead atoms. The lowest BCUT2D eigenvalue weighted by atomic mass is 10.3. The van der Waals surface area contributed by atoms with Gasteiger partial charge in [-0.3, -0.25) is 4.74 Å². The van der Waals surface area contributed by atoms with Crippen LogP contribution >= 0.6 is 0 Å². The number of alkyl halides is 6. The summed E-state index contributed by atoms with van der Waals surface area (Å²) in [5.74, 6) is -10.9. The molecule has 0 aliphatic heterocycles. The molecule has 0 fully saturated rings. The zero-order valence-electron chi connectivity index (χ0n) is 8.81. The molecule has 0 heterocycles. The van der Waals surface area contributed by atoms with Crippen LogP contribution in [0.2, 0.25) is 0 Å². The van der Waals surface area contributed by atoms with Gasteiger partial charge in [0.05, 0.1) is 14.2 Å². The van der Waals surface area contributed by atoms with Crippen molar-refractivity contribution in [3.63, 3.8) is 0 Å². The first-order valence-corrected chi connectivity index (χ1v) is 3.93. The molecule has 0 amide bonds. The van der Waals surface area contributed by atoms with Crippen molar-refractivity contribution in [2.45, 2.75) is 18.1 Å². The Morgan fingerprint density at radius 2 is 1.22 bits per heavy atom. The fourth-order valence-electron chi connectivity index (χ4n) is 0.684. The van der Waals surface area contributed by atoms with Gasteiger partial charge in [0.2, 0.25) is 0 Å². The third-order valence-corrected chi connectivity index (χ3v) is 1.50. The van der Waals surface area contributed by atoms with Gasteiger partial charge in [0, 0.05) is 0 Å². The molecule has 18 heavy (non-hydrogen) atoms. The highest BCUT2D eigenvalue weighted by Crippen LogP contribution is 2.40. The highest BCUT2D eigenvalue weighted by atomic mass is 19.4. The summed E-state index contributed by atoms with van der Waals surface area (Å²) in [6, 6.07) is 0. The van der Waals surface area contributed by atoms with Crippen LogP contribution in [0, 0.1) is 0 Å². The van der Waals surface area contributed by atoms with Crippen LogP contribution in [0.15, 0.2) is 0 Å². The van der Waals surface area contributed by atoms with Crippen molar-refractivity contribution < 1.29 is 50.1 Å². The van der Waals surface area contributed by atoms with Crippen molar-refractivity contribution in [2.75, 3.05) is 14.2 Å². The van der Waals surface area contributed by atoms with Gasteiger partial charge in [0.25, 0.3) is 0 Å². The largest absolute Gasteiger partial charge is 0.465 e. The van der Waals surface area contributed by atoms with Crippen LogP contribution in [0.25, 0.3) is 0 Å². The summed E-state index contributed by atoms with van der Waals surface area (Å²) in [6.07, 6.45) is -11.5. The molecule has 0 aromatic heterocycles. The van der Waals surface area contributed by atoms with Gasteiger partial charge in [-0.1, -0.05) is 0 Å². The predicted molar refractivity (Wildman–Crippen MR) is 40.0 cm³/mol. The quantitative estimate of drug-likeness (QED) is 0.573. The molecule has 0 rings (SSSR count). The van der Waals surface area contributed by atoms with Crippen molar-refractivity contribution >= 4 is 11.9 Å². The summed E-state index contributed by atoms with van der Waals surface area (Å²) in [5, 5.41) is 0. The third-order valence-electron chi connectivity index (χ3n) is 1.50. The maximum absolute atomic E-state index is 13.2. The van der Waals surface area contributed by atoms with Gasteiger partial charge in [-0.05, 0) is 0 Å². The monoisotopic (exact) mass is 284 g/mol. The van der Waals surface area contributed by atoms with Crippen molar-refractivity contribution in [1.82, 2.24) is 0 Å². The van der Waals surface area contributed by atoms with Crippen LogP contribution in [0.5, 0.6) is 0 Å². The summed E-state index contributed by atoms with van der Waals surface area (Å²) in [5.41, 5.74) is 0. The molecule has 0 aromatic rings. The van der Waals surface area contributed by atoms with E-state index < -0.39 is 30.1 Å². The fraction of sp³-hybridized carbons (Fsp3) is 0.714. The molecule has 106 valence electrons. The maximum Gasteiger partial charge on any atom is 0.460 e. The van der Waals surface area contributed by atoms with Crippen molar-refractivity contribution in [3.05, 3.63) is 0 Å². The van der Waals surface area contributed by atoms with Crippen LogP contribution in [-0.2, 0) is 23.8 Å². The maximum atomic E-state index is 13.2. The predicted octanol–water partition coefficient (Wildman–Crippen LogP) is 1.17. The van der Waals surface area contributed by atoms with Crippen LogP contribution in [0.3, 0.4) is 0 Å². The summed E-state index contributed by atoms with van der Waals surface area (Å²) < 4.78 is 84.4. The molecule has 5 nitrogen and oxygen atoms in total. The Balaban J connectivity index is 5.41. The number of hydrogen-bond acceptors (Lipinski definition) is 5. The van der Waals surface area contributed by atoms with Gasteiger partial charge in [-0.15, -0.1) is 0 Å². The van der Waals surface area contributed by atoms with E-state index >= 15 is 0 Å². The molecule has 0 N–H and O–H groups in total. The normalized spacial score (nSPS) is 15.8. The standard InChI is InChI=1S/C7H6F6O5/c1-16-3(14)5(8,7(11,12)13)18-6(9,10)4(15)17-2/h1-2H3. The molecule has 0 aliphatic rings. The molecule has 1 atom stereocenters. The second kappa shape index (κ2) is 5.00. The highest BCUT2D eigenvalue weighted by Gasteiger charge is 2.70. The molecule has 0 saturated carbocycles. The van der Waals surface area contributed by atoms with Crippen molar-refractivity contribution in [2.24, 2.45) is 0 Å². The highest BCUT2D eigenvalue weighted by molar-refractivity contribution is 5.80. The van der Waals surface area contributed by atoms with E-state index in [1.54, 1.807) is 0 Å². The Labute approximate surface area is 95.6 Å². The number of carbonyl (C=O) groups excluding carboxylic acids is 2. The number of esters is 2. The van der Waals surface area contributed by atoms with E-state index in [1.807, 2.05) is 0 Å².